The highest BCUT2D eigenvalue weighted by Gasteiger charge is 2.24. The summed E-state index contributed by atoms with van der Waals surface area (Å²) in [5, 5.41) is 8.14. The molecule has 0 bridgehead atoms. The molecule has 1 aromatic carbocycles. The van der Waals surface area contributed by atoms with Crippen LogP contribution in [0.15, 0.2) is 33.7 Å². The molecule has 0 saturated carbocycles. The lowest BCUT2D eigenvalue weighted by atomic mass is 10.2. The molecule has 8 heteroatoms. The molecule has 0 spiro atoms. The van der Waals surface area contributed by atoms with Crippen LogP contribution < -0.4 is 15.5 Å². The lowest BCUT2D eigenvalue weighted by Crippen LogP contribution is -2.45. The zero-order valence-corrected chi connectivity index (χ0v) is 20.7. The molecule has 1 aliphatic heterocycles. The number of hydrogen-bond acceptors (Lipinski definition) is 4. The number of aromatic nitrogens is 1. The smallest absolute Gasteiger partial charge is 0.191 e. The highest BCUT2D eigenvalue weighted by Crippen LogP contribution is 2.28. The molecule has 1 unspecified atom stereocenters. The molecule has 1 fully saturated rings. The summed E-state index contributed by atoms with van der Waals surface area (Å²) in [6.45, 7) is 7.04. The van der Waals surface area contributed by atoms with Gasteiger partial charge in [0.1, 0.15) is 0 Å². The van der Waals surface area contributed by atoms with E-state index in [4.69, 9.17) is 0 Å². The summed E-state index contributed by atoms with van der Waals surface area (Å²) in [6, 6.07) is 8.81. The van der Waals surface area contributed by atoms with Gasteiger partial charge in [0.05, 0.1) is 16.4 Å². The highest BCUT2D eigenvalue weighted by molar-refractivity contribution is 14.0. The van der Waals surface area contributed by atoms with Gasteiger partial charge in [0, 0.05) is 48.5 Å². The zero-order valence-electron chi connectivity index (χ0n) is 16.0. The molecule has 0 radical (unpaired) electrons. The molecule has 27 heavy (non-hydrogen) atoms. The number of anilines is 1. The van der Waals surface area contributed by atoms with E-state index in [1.54, 1.807) is 11.3 Å². The molecular weight excluding hydrogens is 537 g/mol. The van der Waals surface area contributed by atoms with Gasteiger partial charge >= 0.3 is 0 Å². The van der Waals surface area contributed by atoms with Crippen LogP contribution in [-0.2, 0) is 6.42 Å². The third kappa shape index (κ3) is 6.05. The normalized spacial score (nSPS) is 17.0. The van der Waals surface area contributed by atoms with E-state index in [1.165, 1.54) is 10.6 Å². The number of aliphatic imine (C=N–C) groups is 1. The van der Waals surface area contributed by atoms with Crippen LogP contribution in [0.1, 0.15) is 22.0 Å². The third-order valence-corrected chi connectivity index (χ3v) is 6.39. The number of benzene rings is 1. The van der Waals surface area contributed by atoms with E-state index in [-0.39, 0.29) is 24.0 Å². The van der Waals surface area contributed by atoms with Gasteiger partial charge in [0.2, 0.25) is 0 Å². The van der Waals surface area contributed by atoms with Crippen molar-refractivity contribution in [3.8, 4) is 0 Å². The summed E-state index contributed by atoms with van der Waals surface area (Å²) in [5.41, 5.74) is 2.41. The molecule has 0 amide bonds. The first-order valence-electron chi connectivity index (χ1n) is 8.96. The number of nitrogens with zero attached hydrogens (tertiary/aromatic N) is 3. The molecule has 1 aromatic heterocycles. The average Bonchev–Trinajstić information content (AvgIpc) is 3.20. The predicted octanol–water partition coefficient (Wildman–Crippen LogP) is 4.13. The minimum absolute atomic E-state index is 0. The van der Waals surface area contributed by atoms with Gasteiger partial charge in [-0.25, -0.2) is 4.98 Å². The Hall–Kier alpha value is -0.870. The summed E-state index contributed by atoms with van der Waals surface area (Å²) in [6.07, 6.45) is 2.08. The van der Waals surface area contributed by atoms with Crippen molar-refractivity contribution in [2.24, 2.45) is 4.99 Å². The Balaban J connectivity index is 0.00000261. The Labute approximate surface area is 191 Å². The van der Waals surface area contributed by atoms with Gasteiger partial charge < -0.3 is 15.5 Å². The number of para-hydroxylation sites is 1. The van der Waals surface area contributed by atoms with E-state index >= 15 is 0 Å². The van der Waals surface area contributed by atoms with Gasteiger partial charge in [-0.2, -0.15) is 0 Å². The summed E-state index contributed by atoms with van der Waals surface area (Å²) >= 11 is 5.44. The summed E-state index contributed by atoms with van der Waals surface area (Å²) in [4.78, 5) is 12.6. The van der Waals surface area contributed by atoms with Crippen molar-refractivity contribution < 1.29 is 0 Å². The maximum Gasteiger partial charge on any atom is 0.191 e. The fourth-order valence-electron chi connectivity index (χ4n) is 3.29. The van der Waals surface area contributed by atoms with E-state index in [2.05, 4.69) is 79.6 Å². The quantitative estimate of drug-likeness (QED) is 0.326. The molecule has 1 saturated heterocycles. The first kappa shape index (κ1) is 22.4. The van der Waals surface area contributed by atoms with Gasteiger partial charge in [-0.1, -0.05) is 12.1 Å². The molecule has 2 N–H and O–H groups in total. The SMILES string of the molecule is CN=C(NCCc1sc(C)nc1C)NC1CCN(c2ccccc2Br)C1.I. The van der Waals surface area contributed by atoms with Crippen LogP contribution >= 0.6 is 51.2 Å². The number of aryl methyl sites for hydroxylation is 2. The fraction of sp³-hybridized carbons (Fsp3) is 0.474. The van der Waals surface area contributed by atoms with Crippen molar-refractivity contribution in [2.75, 3.05) is 31.6 Å². The first-order valence-corrected chi connectivity index (χ1v) is 10.6. The topological polar surface area (TPSA) is 52.6 Å². The van der Waals surface area contributed by atoms with Gasteiger partial charge in [-0.3, -0.25) is 4.99 Å². The van der Waals surface area contributed by atoms with E-state index in [1.807, 2.05) is 7.05 Å². The fourth-order valence-corrected chi connectivity index (χ4v) is 4.77. The summed E-state index contributed by atoms with van der Waals surface area (Å²) < 4.78 is 1.15. The number of guanidine groups is 1. The number of hydrogen-bond donors (Lipinski definition) is 2. The Morgan fingerprint density at radius 1 is 1.37 bits per heavy atom. The second-order valence-electron chi connectivity index (χ2n) is 6.52. The average molecular weight is 564 g/mol. The van der Waals surface area contributed by atoms with E-state index in [0.717, 1.165) is 53.6 Å². The minimum atomic E-state index is 0. The maximum absolute atomic E-state index is 4.49. The van der Waals surface area contributed by atoms with Crippen LogP contribution in [-0.4, -0.2) is 43.7 Å². The van der Waals surface area contributed by atoms with Gasteiger partial charge in [-0.05, 0) is 48.3 Å². The van der Waals surface area contributed by atoms with Crippen molar-refractivity contribution in [1.82, 2.24) is 15.6 Å². The molecule has 3 rings (SSSR count). The Kier molecular flexibility index (Phi) is 8.81. The van der Waals surface area contributed by atoms with Crippen molar-refractivity contribution in [3.05, 3.63) is 44.3 Å². The molecule has 148 valence electrons. The summed E-state index contributed by atoms with van der Waals surface area (Å²) in [5.74, 6) is 0.878. The third-order valence-electron chi connectivity index (χ3n) is 4.59. The van der Waals surface area contributed by atoms with Crippen molar-refractivity contribution in [2.45, 2.75) is 32.7 Å². The zero-order chi connectivity index (χ0) is 18.5. The standard InChI is InChI=1S/C19H26BrN5S.HI/c1-13-18(26-14(2)23-13)8-10-22-19(21-3)24-15-9-11-25(12-15)17-7-5-4-6-16(17)20;/h4-7,15H,8-12H2,1-3H3,(H2,21,22,24);1H. The van der Waals surface area contributed by atoms with Crippen LogP contribution in [0.5, 0.6) is 0 Å². The second kappa shape index (κ2) is 10.6. The first-order chi connectivity index (χ1) is 12.6. The maximum atomic E-state index is 4.49. The second-order valence-corrected chi connectivity index (χ2v) is 8.66. The number of nitrogens with one attached hydrogen (secondary N) is 2. The van der Waals surface area contributed by atoms with Crippen LogP contribution in [0.4, 0.5) is 5.69 Å². The molecule has 1 atom stereocenters. The van der Waals surface area contributed by atoms with Crippen molar-refractivity contribution in [3.63, 3.8) is 0 Å². The van der Waals surface area contributed by atoms with Crippen LogP contribution in [0.2, 0.25) is 0 Å². The van der Waals surface area contributed by atoms with E-state index < -0.39 is 0 Å². The minimum Gasteiger partial charge on any atom is -0.368 e. The van der Waals surface area contributed by atoms with Crippen molar-refractivity contribution in [1.29, 1.82) is 0 Å². The van der Waals surface area contributed by atoms with Crippen molar-refractivity contribution >= 4 is 62.9 Å². The molecule has 5 nitrogen and oxygen atoms in total. The molecular formula is C19H27BrIN5S. The largest absolute Gasteiger partial charge is 0.368 e. The summed E-state index contributed by atoms with van der Waals surface area (Å²) in [7, 11) is 1.83. The number of halogens is 2. The number of thiazole rings is 1. The van der Waals surface area contributed by atoms with Crippen LogP contribution in [0, 0.1) is 13.8 Å². The van der Waals surface area contributed by atoms with E-state index in [9.17, 15) is 0 Å². The van der Waals surface area contributed by atoms with Crippen LogP contribution in [0.25, 0.3) is 0 Å². The van der Waals surface area contributed by atoms with Gasteiger partial charge in [-0.15, -0.1) is 35.3 Å². The lowest BCUT2D eigenvalue weighted by Gasteiger charge is -2.21. The predicted molar refractivity (Wildman–Crippen MR) is 130 cm³/mol. The molecule has 0 aliphatic carbocycles. The lowest BCUT2D eigenvalue weighted by molar-refractivity contribution is 0.648. The Morgan fingerprint density at radius 3 is 2.81 bits per heavy atom. The highest BCUT2D eigenvalue weighted by atomic mass is 127. The molecule has 1 aliphatic rings. The van der Waals surface area contributed by atoms with Gasteiger partial charge in [0.25, 0.3) is 0 Å². The van der Waals surface area contributed by atoms with Crippen LogP contribution in [0.3, 0.4) is 0 Å². The number of rotatable bonds is 5. The Bertz CT molecular complexity index is 779. The Morgan fingerprint density at radius 2 is 2.15 bits per heavy atom. The monoisotopic (exact) mass is 563 g/mol. The molecule has 2 aromatic rings. The van der Waals surface area contributed by atoms with E-state index in [0.29, 0.717) is 6.04 Å². The van der Waals surface area contributed by atoms with Gasteiger partial charge in [0.15, 0.2) is 5.96 Å². The molecule has 2 heterocycles.